The molecule has 0 N–H and O–H groups in total. The van der Waals surface area contributed by atoms with Crippen LogP contribution in [0.1, 0.15) is 74.8 Å². The van der Waals surface area contributed by atoms with E-state index < -0.39 is 5.41 Å². The molecule has 0 saturated carbocycles. The lowest BCUT2D eigenvalue weighted by Crippen LogP contribution is -2.28. The highest BCUT2D eigenvalue weighted by molar-refractivity contribution is 6.00. The third-order valence-electron chi connectivity index (χ3n) is 13.4. The number of benzene rings is 8. The third kappa shape index (κ3) is 5.90. The molecule has 1 atom stereocenters. The van der Waals surface area contributed by atoms with E-state index >= 15 is 0 Å². The quantitative estimate of drug-likeness (QED) is 0.0988. The van der Waals surface area contributed by atoms with Crippen molar-refractivity contribution in [2.45, 2.75) is 57.8 Å². The number of rotatable bonds is 10. The molecule has 2 aliphatic carbocycles. The van der Waals surface area contributed by atoms with Gasteiger partial charge in [0.25, 0.3) is 0 Å². The van der Waals surface area contributed by atoms with Crippen molar-refractivity contribution < 1.29 is 0 Å². The number of unbranched alkanes of at least 4 members (excludes halogenated alkanes) is 2. The van der Waals surface area contributed by atoms with Crippen LogP contribution < -0.4 is 4.90 Å². The molecular weight excluding hydrogens is 723 g/mol. The topological polar surface area (TPSA) is 3.24 Å². The Kier molecular flexibility index (Phi) is 9.49. The van der Waals surface area contributed by atoms with E-state index in [2.05, 4.69) is 233 Å². The SMILES string of the molecule is CCCC/C=C(\C)C1(c2ccccc2)c2ccccc2-c2c(-c3ccccc3N(c3ccc(-c4ccccc4)cc3)c3ccc4c(c3)C(C)(C)c3ccccc3-4)cccc21. The largest absolute Gasteiger partial charge is 0.310 e. The summed E-state index contributed by atoms with van der Waals surface area (Å²) in [6.07, 6.45) is 5.93. The Morgan fingerprint density at radius 1 is 0.483 bits per heavy atom. The van der Waals surface area contributed by atoms with Crippen LogP contribution in [0.25, 0.3) is 44.5 Å². The molecule has 0 spiro atoms. The van der Waals surface area contributed by atoms with Crippen LogP contribution in [0.4, 0.5) is 17.1 Å². The van der Waals surface area contributed by atoms with E-state index in [0.29, 0.717) is 0 Å². The van der Waals surface area contributed by atoms with E-state index in [0.717, 1.165) is 23.5 Å². The highest BCUT2D eigenvalue weighted by Crippen LogP contribution is 2.59. The molecule has 0 heterocycles. The van der Waals surface area contributed by atoms with E-state index in [4.69, 9.17) is 0 Å². The molecule has 0 amide bonds. The zero-order valence-electron chi connectivity index (χ0n) is 35.1. The monoisotopic (exact) mass is 773 g/mol. The van der Waals surface area contributed by atoms with Crippen LogP contribution in [0.15, 0.2) is 206 Å². The molecule has 0 saturated heterocycles. The van der Waals surface area contributed by atoms with Crippen LogP contribution in [0.3, 0.4) is 0 Å². The van der Waals surface area contributed by atoms with E-state index in [1.807, 2.05) is 0 Å². The van der Waals surface area contributed by atoms with Gasteiger partial charge in [0.15, 0.2) is 0 Å². The van der Waals surface area contributed by atoms with Gasteiger partial charge in [0.2, 0.25) is 0 Å². The Hall–Kier alpha value is -6.70. The molecule has 60 heavy (non-hydrogen) atoms. The van der Waals surface area contributed by atoms with Gasteiger partial charge in [-0.1, -0.05) is 209 Å². The predicted octanol–water partition coefficient (Wildman–Crippen LogP) is 16.2. The molecule has 8 aromatic rings. The van der Waals surface area contributed by atoms with Gasteiger partial charge in [0.1, 0.15) is 0 Å². The van der Waals surface area contributed by atoms with Crippen molar-refractivity contribution in [1.29, 1.82) is 0 Å². The second-order valence-electron chi connectivity index (χ2n) is 17.1. The minimum absolute atomic E-state index is 0.127. The van der Waals surface area contributed by atoms with Crippen molar-refractivity contribution >= 4 is 17.1 Å². The summed E-state index contributed by atoms with van der Waals surface area (Å²) in [7, 11) is 0. The normalized spacial score (nSPS) is 15.8. The first kappa shape index (κ1) is 37.6. The number of hydrogen-bond acceptors (Lipinski definition) is 1. The average molecular weight is 774 g/mol. The maximum atomic E-state index is 2.51. The maximum Gasteiger partial charge on any atom is 0.0671 e. The predicted molar refractivity (Wildman–Crippen MR) is 255 cm³/mol. The second kappa shape index (κ2) is 15.2. The Bertz CT molecular complexity index is 2880. The fourth-order valence-electron chi connectivity index (χ4n) is 10.5. The van der Waals surface area contributed by atoms with Gasteiger partial charge in [-0.2, -0.15) is 0 Å². The van der Waals surface area contributed by atoms with E-state index in [1.54, 1.807) is 0 Å². The number of allylic oxidation sites excluding steroid dienone is 2. The van der Waals surface area contributed by atoms with Gasteiger partial charge in [-0.3, -0.25) is 0 Å². The molecular formula is C59H51N. The van der Waals surface area contributed by atoms with Gasteiger partial charge >= 0.3 is 0 Å². The summed E-state index contributed by atoms with van der Waals surface area (Å²) in [4.78, 5) is 2.49. The first-order valence-electron chi connectivity index (χ1n) is 21.7. The molecule has 1 nitrogen and oxygen atoms in total. The highest BCUT2D eigenvalue weighted by atomic mass is 15.1. The summed E-state index contributed by atoms with van der Waals surface area (Å²) < 4.78 is 0. The van der Waals surface area contributed by atoms with Gasteiger partial charge in [-0.05, 0) is 110 Å². The molecule has 0 radical (unpaired) electrons. The number of fused-ring (bicyclic) bond motifs is 6. The summed E-state index contributed by atoms with van der Waals surface area (Å²) in [6, 6.07) is 72.3. The van der Waals surface area contributed by atoms with Crippen LogP contribution in [0, 0.1) is 0 Å². The fraction of sp³-hybridized carbons (Fsp3) is 0.153. The van der Waals surface area contributed by atoms with Crippen LogP contribution in [-0.4, -0.2) is 0 Å². The van der Waals surface area contributed by atoms with Crippen LogP contribution in [0.2, 0.25) is 0 Å². The van der Waals surface area contributed by atoms with Gasteiger partial charge < -0.3 is 4.90 Å². The Labute approximate surface area is 356 Å². The van der Waals surface area contributed by atoms with Crippen molar-refractivity contribution in [1.82, 2.24) is 0 Å². The number of nitrogens with zero attached hydrogens (tertiary/aromatic N) is 1. The molecule has 10 rings (SSSR count). The van der Waals surface area contributed by atoms with Crippen molar-refractivity contribution in [3.8, 4) is 44.5 Å². The van der Waals surface area contributed by atoms with Crippen molar-refractivity contribution in [2.24, 2.45) is 0 Å². The Morgan fingerprint density at radius 2 is 1.05 bits per heavy atom. The molecule has 1 heteroatoms. The zero-order valence-corrected chi connectivity index (χ0v) is 35.1. The lowest BCUT2D eigenvalue weighted by atomic mass is 9.67. The van der Waals surface area contributed by atoms with Crippen LogP contribution in [-0.2, 0) is 10.8 Å². The van der Waals surface area contributed by atoms with Gasteiger partial charge in [-0.25, -0.2) is 0 Å². The number of hydrogen-bond donors (Lipinski definition) is 0. The first-order valence-corrected chi connectivity index (χ1v) is 21.7. The summed E-state index contributed by atoms with van der Waals surface area (Å²) >= 11 is 0. The van der Waals surface area contributed by atoms with Gasteiger partial charge in [0, 0.05) is 22.4 Å². The van der Waals surface area contributed by atoms with Crippen molar-refractivity contribution in [3.63, 3.8) is 0 Å². The first-order chi connectivity index (χ1) is 29.4. The number of para-hydroxylation sites is 1. The second-order valence-corrected chi connectivity index (χ2v) is 17.1. The average Bonchev–Trinajstić information content (AvgIpc) is 3.73. The lowest BCUT2D eigenvalue weighted by Gasteiger charge is -2.35. The van der Waals surface area contributed by atoms with Crippen molar-refractivity contribution in [3.05, 3.63) is 234 Å². The summed E-state index contributed by atoms with van der Waals surface area (Å²) in [6.45, 7) is 9.39. The molecule has 0 fully saturated rings. The van der Waals surface area contributed by atoms with E-state index in [1.165, 1.54) is 90.7 Å². The Morgan fingerprint density at radius 3 is 1.80 bits per heavy atom. The summed E-state index contributed by atoms with van der Waals surface area (Å²) in [5.74, 6) is 0. The smallest absolute Gasteiger partial charge is 0.0671 e. The van der Waals surface area contributed by atoms with Crippen LogP contribution >= 0.6 is 0 Å². The minimum atomic E-state index is -0.403. The Balaban J connectivity index is 1.20. The van der Waals surface area contributed by atoms with Crippen molar-refractivity contribution in [2.75, 3.05) is 4.90 Å². The molecule has 8 aromatic carbocycles. The minimum Gasteiger partial charge on any atom is -0.310 e. The lowest BCUT2D eigenvalue weighted by molar-refractivity contribution is 0.660. The summed E-state index contributed by atoms with van der Waals surface area (Å²) in [5, 5.41) is 0. The third-order valence-corrected chi connectivity index (χ3v) is 13.4. The van der Waals surface area contributed by atoms with E-state index in [9.17, 15) is 0 Å². The van der Waals surface area contributed by atoms with Gasteiger partial charge in [-0.15, -0.1) is 0 Å². The summed E-state index contributed by atoms with van der Waals surface area (Å²) in [5.41, 5.74) is 21.2. The fourth-order valence-corrected chi connectivity index (χ4v) is 10.5. The molecule has 292 valence electrons. The van der Waals surface area contributed by atoms with Gasteiger partial charge in [0.05, 0.1) is 11.1 Å². The molecule has 0 aromatic heterocycles. The zero-order chi connectivity index (χ0) is 40.8. The van der Waals surface area contributed by atoms with Crippen LogP contribution in [0.5, 0.6) is 0 Å². The molecule has 1 unspecified atom stereocenters. The molecule has 2 aliphatic rings. The standard InChI is InChI=1S/C59H51N/c1-5-6-9-21-41(2)59(44-24-12-8-13-25-44)53-31-18-15-28-51(53)57-50(29-20-32-54(57)59)49-27-16-19-33-56(49)60(45-36-34-43(35-37-45)42-22-10-7-11-23-42)46-38-39-48-47-26-14-17-30-52(47)58(3,4)55(48)40-46/h7-8,10-40H,5-6,9H2,1-4H3/b41-21+. The molecule has 0 aliphatic heterocycles. The number of anilines is 3. The molecule has 0 bridgehead atoms. The highest BCUT2D eigenvalue weighted by Gasteiger charge is 2.47. The maximum absolute atomic E-state index is 2.51. The van der Waals surface area contributed by atoms with E-state index in [-0.39, 0.29) is 5.41 Å².